The summed E-state index contributed by atoms with van der Waals surface area (Å²) >= 11 is 0. The van der Waals surface area contributed by atoms with Crippen LogP contribution in [0.3, 0.4) is 0 Å². The van der Waals surface area contributed by atoms with E-state index in [1.165, 1.54) is 0 Å². The molecule has 0 saturated heterocycles. The van der Waals surface area contributed by atoms with Crippen molar-refractivity contribution in [1.29, 1.82) is 0 Å². The molecular formula is C16H19N5O2. The predicted octanol–water partition coefficient (Wildman–Crippen LogP) is 1.77. The van der Waals surface area contributed by atoms with Crippen molar-refractivity contribution in [2.45, 2.75) is 26.8 Å². The molecule has 0 aliphatic heterocycles. The average Bonchev–Trinajstić information content (AvgIpc) is 3.09. The van der Waals surface area contributed by atoms with Gasteiger partial charge in [-0.25, -0.2) is 4.98 Å². The van der Waals surface area contributed by atoms with Gasteiger partial charge in [0.15, 0.2) is 0 Å². The molecule has 0 radical (unpaired) electrons. The van der Waals surface area contributed by atoms with Crippen molar-refractivity contribution < 1.29 is 9.53 Å². The molecule has 0 bridgehead atoms. The number of imidazole rings is 1. The van der Waals surface area contributed by atoms with Crippen molar-refractivity contribution >= 4 is 16.9 Å². The molecule has 0 aliphatic carbocycles. The third-order valence-corrected chi connectivity index (χ3v) is 3.81. The van der Waals surface area contributed by atoms with Crippen LogP contribution in [0, 0.1) is 13.8 Å². The first-order chi connectivity index (χ1) is 11.1. The summed E-state index contributed by atoms with van der Waals surface area (Å²) in [6.07, 6.45) is 0.308. The number of hydrogen-bond donors (Lipinski definition) is 3. The Balaban J connectivity index is 1.65. The molecule has 3 rings (SSSR count). The fourth-order valence-corrected chi connectivity index (χ4v) is 2.49. The number of nitrogens with zero attached hydrogens (tertiary/aromatic N) is 2. The monoisotopic (exact) mass is 313 g/mol. The van der Waals surface area contributed by atoms with Gasteiger partial charge in [0, 0.05) is 17.3 Å². The van der Waals surface area contributed by atoms with Gasteiger partial charge in [-0.3, -0.25) is 9.89 Å². The maximum Gasteiger partial charge on any atom is 0.224 e. The van der Waals surface area contributed by atoms with E-state index in [1.54, 1.807) is 7.11 Å². The fraction of sp³-hybridized carbons (Fsp3) is 0.312. The highest BCUT2D eigenvalue weighted by atomic mass is 16.5. The zero-order valence-electron chi connectivity index (χ0n) is 13.4. The largest absolute Gasteiger partial charge is 0.497 e. The molecule has 0 unspecified atom stereocenters. The number of benzene rings is 1. The van der Waals surface area contributed by atoms with Crippen molar-refractivity contribution in [2.75, 3.05) is 7.11 Å². The summed E-state index contributed by atoms with van der Waals surface area (Å²) in [7, 11) is 1.62. The number of carbonyl (C=O) groups excluding carboxylic acids is 1. The summed E-state index contributed by atoms with van der Waals surface area (Å²) < 4.78 is 5.18. The molecule has 0 spiro atoms. The molecule has 2 heterocycles. The van der Waals surface area contributed by atoms with Crippen molar-refractivity contribution in [3.63, 3.8) is 0 Å². The Morgan fingerprint density at radius 1 is 1.35 bits per heavy atom. The van der Waals surface area contributed by atoms with Crippen LogP contribution in [-0.4, -0.2) is 33.2 Å². The van der Waals surface area contributed by atoms with Gasteiger partial charge in [-0.2, -0.15) is 5.10 Å². The van der Waals surface area contributed by atoms with Crippen LogP contribution in [0.25, 0.3) is 11.0 Å². The number of carbonyl (C=O) groups is 1. The maximum atomic E-state index is 12.1. The lowest BCUT2D eigenvalue weighted by molar-refractivity contribution is -0.120. The van der Waals surface area contributed by atoms with Gasteiger partial charge in [0.1, 0.15) is 11.6 Å². The third-order valence-electron chi connectivity index (χ3n) is 3.81. The Morgan fingerprint density at radius 3 is 2.87 bits per heavy atom. The number of aromatic amines is 2. The first kappa shape index (κ1) is 15.1. The normalized spacial score (nSPS) is 10.9. The molecule has 0 saturated carbocycles. The third kappa shape index (κ3) is 3.18. The van der Waals surface area contributed by atoms with E-state index >= 15 is 0 Å². The van der Waals surface area contributed by atoms with Crippen LogP contribution in [0.1, 0.15) is 22.8 Å². The summed E-state index contributed by atoms with van der Waals surface area (Å²) in [6.45, 7) is 4.15. The lowest BCUT2D eigenvalue weighted by Gasteiger charge is -2.03. The number of nitrogens with one attached hydrogen (secondary N) is 3. The standard InChI is InChI=1S/C16H19N5O2/c1-9-12(10(2)21-20-9)7-16(22)17-8-15-18-13-5-4-11(23-3)6-14(13)19-15/h4-6H,7-8H2,1-3H3,(H,17,22)(H,18,19)(H,20,21). The Labute approximate surface area is 133 Å². The van der Waals surface area contributed by atoms with Gasteiger partial charge >= 0.3 is 0 Å². The van der Waals surface area contributed by atoms with Gasteiger partial charge in [0.05, 0.1) is 36.8 Å². The van der Waals surface area contributed by atoms with Crippen LogP contribution >= 0.6 is 0 Å². The van der Waals surface area contributed by atoms with Gasteiger partial charge in [-0.1, -0.05) is 0 Å². The molecule has 23 heavy (non-hydrogen) atoms. The van der Waals surface area contributed by atoms with E-state index in [0.29, 0.717) is 18.8 Å². The molecule has 0 atom stereocenters. The first-order valence-electron chi connectivity index (χ1n) is 7.36. The second kappa shape index (κ2) is 6.12. The number of rotatable bonds is 5. The lowest BCUT2D eigenvalue weighted by Crippen LogP contribution is -2.25. The number of aromatic nitrogens is 4. The molecule has 7 nitrogen and oxygen atoms in total. The molecule has 3 N–H and O–H groups in total. The molecule has 0 fully saturated rings. The van der Waals surface area contributed by atoms with E-state index < -0.39 is 0 Å². The number of amides is 1. The Kier molecular flexibility index (Phi) is 4.01. The van der Waals surface area contributed by atoms with E-state index in [9.17, 15) is 4.79 Å². The molecule has 1 amide bonds. The molecule has 0 aliphatic rings. The van der Waals surface area contributed by atoms with E-state index in [-0.39, 0.29) is 5.91 Å². The Bertz CT molecular complexity index is 830. The number of aryl methyl sites for hydroxylation is 2. The highest BCUT2D eigenvalue weighted by Crippen LogP contribution is 2.18. The predicted molar refractivity (Wildman–Crippen MR) is 86.3 cm³/mol. The number of methoxy groups -OCH3 is 1. The van der Waals surface area contributed by atoms with Gasteiger partial charge in [-0.05, 0) is 26.0 Å². The zero-order valence-corrected chi connectivity index (χ0v) is 13.4. The van der Waals surface area contributed by atoms with Crippen molar-refractivity contribution in [1.82, 2.24) is 25.5 Å². The SMILES string of the molecule is COc1ccc2nc(CNC(=O)Cc3c(C)n[nH]c3C)[nH]c2c1. The summed E-state index contributed by atoms with van der Waals surface area (Å²) in [5.74, 6) is 1.42. The van der Waals surface area contributed by atoms with Crippen LogP contribution < -0.4 is 10.1 Å². The average molecular weight is 313 g/mol. The van der Waals surface area contributed by atoms with E-state index in [1.807, 2.05) is 32.0 Å². The smallest absolute Gasteiger partial charge is 0.224 e. The minimum Gasteiger partial charge on any atom is -0.497 e. The van der Waals surface area contributed by atoms with Gasteiger partial charge in [0.2, 0.25) is 5.91 Å². The van der Waals surface area contributed by atoms with Crippen molar-refractivity contribution in [3.8, 4) is 5.75 Å². The number of H-pyrrole nitrogens is 2. The number of fused-ring (bicyclic) bond motifs is 1. The minimum atomic E-state index is -0.0596. The number of ether oxygens (including phenoxy) is 1. The molecule has 3 aromatic rings. The zero-order chi connectivity index (χ0) is 16.4. The van der Waals surface area contributed by atoms with E-state index in [2.05, 4.69) is 25.5 Å². The number of hydrogen-bond acceptors (Lipinski definition) is 4. The molecular weight excluding hydrogens is 294 g/mol. The van der Waals surface area contributed by atoms with Crippen molar-refractivity contribution in [2.24, 2.45) is 0 Å². The maximum absolute atomic E-state index is 12.1. The van der Waals surface area contributed by atoms with Gasteiger partial charge < -0.3 is 15.0 Å². The molecule has 120 valence electrons. The topological polar surface area (TPSA) is 95.7 Å². The van der Waals surface area contributed by atoms with E-state index in [0.717, 1.165) is 33.7 Å². The van der Waals surface area contributed by atoms with Crippen LogP contribution in [0.5, 0.6) is 5.75 Å². The molecule has 7 heteroatoms. The Hall–Kier alpha value is -2.83. The van der Waals surface area contributed by atoms with Crippen LogP contribution in [0.4, 0.5) is 0 Å². The quantitative estimate of drug-likeness (QED) is 0.669. The summed E-state index contributed by atoms with van der Waals surface area (Å²) in [5.41, 5.74) is 4.45. The van der Waals surface area contributed by atoms with Crippen LogP contribution in [-0.2, 0) is 17.8 Å². The highest BCUT2D eigenvalue weighted by molar-refractivity contribution is 5.79. The summed E-state index contributed by atoms with van der Waals surface area (Å²) in [4.78, 5) is 19.7. The van der Waals surface area contributed by atoms with Gasteiger partial charge in [-0.15, -0.1) is 0 Å². The fourth-order valence-electron chi connectivity index (χ4n) is 2.49. The Morgan fingerprint density at radius 2 is 2.17 bits per heavy atom. The molecule has 1 aromatic carbocycles. The van der Waals surface area contributed by atoms with Gasteiger partial charge in [0.25, 0.3) is 0 Å². The highest BCUT2D eigenvalue weighted by Gasteiger charge is 2.12. The second-order valence-corrected chi connectivity index (χ2v) is 5.43. The second-order valence-electron chi connectivity index (χ2n) is 5.43. The lowest BCUT2D eigenvalue weighted by atomic mass is 10.1. The van der Waals surface area contributed by atoms with Crippen molar-refractivity contribution in [3.05, 3.63) is 41.0 Å². The molecule has 2 aromatic heterocycles. The minimum absolute atomic E-state index is 0.0596. The summed E-state index contributed by atoms with van der Waals surface area (Å²) in [5, 5.41) is 9.86. The summed E-state index contributed by atoms with van der Waals surface area (Å²) in [6, 6.07) is 5.62. The van der Waals surface area contributed by atoms with Crippen LogP contribution in [0.15, 0.2) is 18.2 Å². The first-order valence-corrected chi connectivity index (χ1v) is 7.36. The van der Waals surface area contributed by atoms with Crippen LogP contribution in [0.2, 0.25) is 0 Å². The van der Waals surface area contributed by atoms with E-state index in [4.69, 9.17) is 4.74 Å².